The zero-order chi connectivity index (χ0) is 23.6. The van der Waals surface area contributed by atoms with Crippen LogP contribution >= 0.6 is 0 Å². The maximum absolute atomic E-state index is 13.3. The van der Waals surface area contributed by atoms with Crippen molar-refractivity contribution >= 4 is 17.8 Å². The number of amides is 4. The van der Waals surface area contributed by atoms with Gasteiger partial charge in [0.15, 0.2) is 0 Å². The van der Waals surface area contributed by atoms with Gasteiger partial charge in [-0.3, -0.25) is 14.5 Å². The molecule has 33 heavy (non-hydrogen) atoms. The third kappa shape index (κ3) is 4.35. The Morgan fingerprint density at radius 3 is 2.30 bits per heavy atom. The fraction of sp³-hybridized carbons (Fsp3) is 0.192. The summed E-state index contributed by atoms with van der Waals surface area (Å²) >= 11 is 0. The second-order valence-electron chi connectivity index (χ2n) is 8.23. The smallest absolute Gasteiger partial charge is 0.325 e. The second-order valence-corrected chi connectivity index (χ2v) is 8.23. The molecule has 1 N–H and O–H groups in total. The van der Waals surface area contributed by atoms with Crippen molar-refractivity contribution < 1.29 is 18.8 Å². The lowest BCUT2D eigenvalue weighted by Gasteiger charge is -2.24. The highest BCUT2D eigenvalue weighted by Crippen LogP contribution is 2.29. The quantitative estimate of drug-likeness (QED) is 0.585. The molecule has 3 aromatic carbocycles. The minimum atomic E-state index is -1.36. The standard InChI is InChI=1S/C26H24FN3O3/c1-26(20-12-14-21(27)15-13-20)24(32)30(25(33)28-26)17-23(31)29(2)16-19-10-6-7-11-22(19)18-8-4-3-5-9-18/h3-15H,16-17H2,1-2H3,(H,28,33). The van der Waals surface area contributed by atoms with Gasteiger partial charge in [0.25, 0.3) is 5.91 Å². The molecule has 4 rings (SSSR count). The monoisotopic (exact) mass is 445 g/mol. The van der Waals surface area contributed by atoms with Gasteiger partial charge in [-0.05, 0) is 41.3 Å². The second kappa shape index (κ2) is 8.86. The van der Waals surface area contributed by atoms with Gasteiger partial charge < -0.3 is 10.2 Å². The van der Waals surface area contributed by atoms with Crippen LogP contribution in [0.15, 0.2) is 78.9 Å². The number of nitrogens with zero attached hydrogens (tertiary/aromatic N) is 2. The van der Waals surface area contributed by atoms with E-state index in [-0.39, 0.29) is 12.5 Å². The Balaban J connectivity index is 1.48. The predicted octanol–water partition coefficient (Wildman–Crippen LogP) is 3.92. The summed E-state index contributed by atoms with van der Waals surface area (Å²) in [4.78, 5) is 40.9. The van der Waals surface area contributed by atoms with E-state index in [1.807, 2.05) is 54.6 Å². The van der Waals surface area contributed by atoms with Crippen molar-refractivity contribution in [2.45, 2.75) is 19.0 Å². The van der Waals surface area contributed by atoms with Crippen molar-refractivity contribution in [3.8, 4) is 11.1 Å². The van der Waals surface area contributed by atoms with E-state index >= 15 is 0 Å². The third-order valence-electron chi connectivity index (χ3n) is 5.93. The molecule has 0 saturated carbocycles. The lowest BCUT2D eigenvalue weighted by atomic mass is 9.92. The van der Waals surface area contributed by atoms with Crippen molar-refractivity contribution in [3.05, 3.63) is 95.8 Å². The van der Waals surface area contributed by atoms with Gasteiger partial charge in [0.1, 0.15) is 17.9 Å². The van der Waals surface area contributed by atoms with Crippen LogP contribution in [0.1, 0.15) is 18.1 Å². The number of imide groups is 1. The molecule has 1 fully saturated rings. The molecular formula is C26H24FN3O3. The van der Waals surface area contributed by atoms with Gasteiger partial charge in [0.05, 0.1) is 0 Å². The molecule has 1 heterocycles. The van der Waals surface area contributed by atoms with E-state index in [1.54, 1.807) is 14.0 Å². The van der Waals surface area contributed by atoms with Gasteiger partial charge in [0.2, 0.25) is 5.91 Å². The number of carbonyl (C=O) groups is 3. The van der Waals surface area contributed by atoms with Gasteiger partial charge in [-0.1, -0.05) is 66.7 Å². The van der Waals surface area contributed by atoms with Crippen LogP contribution in [0, 0.1) is 5.82 Å². The molecule has 1 aliphatic rings. The fourth-order valence-electron chi connectivity index (χ4n) is 3.98. The summed E-state index contributed by atoms with van der Waals surface area (Å²) in [6.45, 7) is 1.49. The minimum Gasteiger partial charge on any atom is -0.340 e. The number of urea groups is 1. The molecule has 3 aromatic rings. The van der Waals surface area contributed by atoms with E-state index in [4.69, 9.17) is 0 Å². The largest absolute Gasteiger partial charge is 0.340 e. The highest BCUT2D eigenvalue weighted by Gasteiger charge is 2.49. The molecule has 4 amide bonds. The van der Waals surface area contributed by atoms with E-state index in [1.165, 1.54) is 29.2 Å². The van der Waals surface area contributed by atoms with Gasteiger partial charge in [0, 0.05) is 13.6 Å². The van der Waals surface area contributed by atoms with Crippen molar-refractivity contribution in [3.63, 3.8) is 0 Å². The van der Waals surface area contributed by atoms with Crippen molar-refractivity contribution in [2.75, 3.05) is 13.6 Å². The lowest BCUT2D eigenvalue weighted by Crippen LogP contribution is -2.43. The zero-order valence-corrected chi connectivity index (χ0v) is 18.4. The molecule has 0 bridgehead atoms. The van der Waals surface area contributed by atoms with Crippen LogP contribution < -0.4 is 5.32 Å². The van der Waals surface area contributed by atoms with Crippen molar-refractivity contribution in [1.29, 1.82) is 0 Å². The van der Waals surface area contributed by atoms with Crippen LogP contribution in [0.25, 0.3) is 11.1 Å². The number of nitrogens with one attached hydrogen (secondary N) is 1. The number of benzene rings is 3. The molecule has 1 atom stereocenters. The van der Waals surface area contributed by atoms with Crippen LogP contribution in [0.2, 0.25) is 0 Å². The Morgan fingerprint density at radius 1 is 0.970 bits per heavy atom. The average molecular weight is 445 g/mol. The van der Waals surface area contributed by atoms with Crippen LogP contribution in [-0.4, -0.2) is 41.2 Å². The molecule has 1 aliphatic heterocycles. The topological polar surface area (TPSA) is 69.7 Å². The SMILES string of the molecule is CN(Cc1ccccc1-c1ccccc1)C(=O)CN1C(=O)NC(C)(c2ccc(F)cc2)C1=O. The first-order chi connectivity index (χ1) is 15.8. The van der Waals surface area contributed by atoms with Gasteiger partial charge in [-0.15, -0.1) is 0 Å². The predicted molar refractivity (Wildman–Crippen MR) is 122 cm³/mol. The van der Waals surface area contributed by atoms with Gasteiger partial charge >= 0.3 is 6.03 Å². The van der Waals surface area contributed by atoms with E-state index in [2.05, 4.69) is 5.32 Å². The number of hydrogen-bond donors (Lipinski definition) is 1. The van der Waals surface area contributed by atoms with Crippen LogP contribution in [0.4, 0.5) is 9.18 Å². The first-order valence-corrected chi connectivity index (χ1v) is 10.6. The fourth-order valence-corrected chi connectivity index (χ4v) is 3.98. The molecule has 1 saturated heterocycles. The molecule has 0 radical (unpaired) electrons. The molecule has 7 heteroatoms. The molecule has 0 aliphatic carbocycles. The minimum absolute atomic E-state index is 0.322. The summed E-state index contributed by atoms with van der Waals surface area (Å²) in [7, 11) is 1.64. The highest BCUT2D eigenvalue weighted by molar-refractivity contribution is 6.09. The summed E-state index contributed by atoms with van der Waals surface area (Å²) in [6.07, 6.45) is 0. The molecule has 1 unspecified atom stereocenters. The molecule has 0 aromatic heterocycles. The average Bonchev–Trinajstić information content (AvgIpc) is 3.04. The summed E-state index contributed by atoms with van der Waals surface area (Å²) in [5.74, 6) is -1.36. The molecule has 168 valence electrons. The number of rotatable bonds is 6. The molecule has 0 spiro atoms. The maximum Gasteiger partial charge on any atom is 0.325 e. The number of halogens is 1. The van der Waals surface area contributed by atoms with E-state index in [9.17, 15) is 18.8 Å². The Morgan fingerprint density at radius 2 is 1.61 bits per heavy atom. The van der Waals surface area contributed by atoms with Crippen molar-refractivity contribution in [2.24, 2.45) is 0 Å². The van der Waals surface area contributed by atoms with Gasteiger partial charge in [-0.25, -0.2) is 9.18 Å². The zero-order valence-electron chi connectivity index (χ0n) is 18.4. The van der Waals surface area contributed by atoms with Crippen LogP contribution in [-0.2, 0) is 21.7 Å². The molecular weight excluding hydrogens is 421 g/mol. The Kier molecular flexibility index (Phi) is 5.96. The number of hydrogen-bond acceptors (Lipinski definition) is 3. The summed E-state index contributed by atoms with van der Waals surface area (Å²) in [6, 6.07) is 22.4. The summed E-state index contributed by atoms with van der Waals surface area (Å²) in [5.41, 5.74) is 2.09. The van der Waals surface area contributed by atoms with E-state index in [0.29, 0.717) is 12.1 Å². The molecule has 6 nitrogen and oxygen atoms in total. The Bertz CT molecular complexity index is 1200. The van der Waals surface area contributed by atoms with E-state index in [0.717, 1.165) is 21.6 Å². The maximum atomic E-state index is 13.3. The van der Waals surface area contributed by atoms with E-state index < -0.39 is 23.3 Å². The number of carbonyl (C=O) groups excluding carboxylic acids is 3. The normalized spacial score (nSPS) is 17.7. The first kappa shape index (κ1) is 22.2. The first-order valence-electron chi connectivity index (χ1n) is 10.6. The number of likely N-dealkylation sites (N-methyl/N-ethyl adjacent to an activating group) is 1. The third-order valence-corrected chi connectivity index (χ3v) is 5.93. The lowest BCUT2D eigenvalue weighted by molar-refractivity contribution is -0.138. The van der Waals surface area contributed by atoms with Crippen LogP contribution in [0.5, 0.6) is 0 Å². The Labute approximate surface area is 191 Å². The highest BCUT2D eigenvalue weighted by atomic mass is 19.1. The summed E-state index contributed by atoms with van der Waals surface area (Å²) in [5, 5.41) is 2.63. The van der Waals surface area contributed by atoms with Gasteiger partial charge in [-0.2, -0.15) is 0 Å². The Hall–Kier alpha value is -4.00. The van der Waals surface area contributed by atoms with Crippen LogP contribution in [0.3, 0.4) is 0 Å². The summed E-state index contributed by atoms with van der Waals surface area (Å²) < 4.78 is 13.3. The van der Waals surface area contributed by atoms with Crippen molar-refractivity contribution in [1.82, 2.24) is 15.1 Å².